The van der Waals surface area contributed by atoms with E-state index in [4.69, 9.17) is 23.2 Å². The summed E-state index contributed by atoms with van der Waals surface area (Å²) in [5.41, 5.74) is 2.93. The second-order valence-corrected chi connectivity index (χ2v) is 11.3. The van der Waals surface area contributed by atoms with Crippen LogP contribution in [0.4, 0.5) is 5.69 Å². The van der Waals surface area contributed by atoms with Crippen LogP contribution in [0.25, 0.3) is 0 Å². The molecular formula is C26H27Cl2N3O3S. The first-order valence-electron chi connectivity index (χ1n) is 11.3. The molecule has 1 saturated heterocycles. The summed E-state index contributed by atoms with van der Waals surface area (Å²) in [7, 11) is -3.88. The number of hydrogen-bond acceptors (Lipinski definition) is 4. The standard InChI is InChI=1S/C26H27Cl2N3O3S/c1-20-7-10-23(28)17-25(20)29-13-15-30(16-14-29)26(32)19-31(18-21-8-11-22(27)12-9-21)35(33,34)24-5-3-2-4-6-24/h2-12,17H,13-16,18-19H2,1H3. The van der Waals surface area contributed by atoms with Crippen molar-refractivity contribution in [1.29, 1.82) is 0 Å². The van der Waals surface area contributed by atoms with Gasteiger partial charge in [0.25, 0.3) is 0 Å². The Labute approximate surface area is 216 Å². The van der Waals surface area contributed by atoms with Gasteiger partial charge in [0.15, 0.2) is 0 Å². The summed E-state index contributed by atoms with van der Waals surface area (Å²) in [4.78, 5) is 17.3. The summed E-state index contributed by atoms with van der Waals surface area (Å²) in [6.45, 7) is 4.17. The summed E-state index contributed by atoms with van der Waals surface area (Å²) in [5.74, 6) is -0.221. The van der Waals surface area contributed by atoms with E-state index in [1.807, 2.05) is 25.1 Å². The van der Waals surface area contributed by atoms with Gasteiger partial charge in [0, 0.05) is 48.5 Å². The molecular weight excluding hydrogens is 505 g/mol. The van der Waals surface area contributed by atoms with E-state index in [0.717, 1.165) is 16.8 Å². The zero-order valence-electron chi connectivity index (χ0n) is 19.4. The van der Waals surface area contributed by atoms with Gasteiger partial charge in [-0.15, -0.1) is 0 Å². The van der Waals surface area contributed by atoms with Crippen LogP contribution in [0.1, 0.15) is 11.1 Å². The largest absolute Gasteiger partial charge is 0.368 e. The monoisotopic (exact) mass is 531 g/mol. The third kappa shape index (κ3) is 6.16. The molecule has 0 bridgehead atoms. The summed E-state index contributed by atoms with van der Waals surface area (Å²) < 4.78 is 28.1. The molecule has 1 aliphatic heterocycles. The van der Waals surface area contributed by atoms with Crippen molar-refractivity contribution < 1.29 is 13.2 Å². The molecule has 35 heavy (non-hydrogen) atoms. The van der Waals surface area contributed by atoms with Gasteiger partial charge in [-0.2, -0.15) is 4.31 Å². The van der Waals surface area contributed by atoms with Crippen molar-refractivity contribution >= 4 is 44.8 Å². The molecule has 0 aromatic heterocycles. The average Bonchev–Trinajstić information content (AvgIpc) is 2.87. The van der Waals surface area contributed by atoms with Gasteiger partial charge in [0.2, 0.25) is 15.9 Å². The number of aryl methyl sites for hydroxylation is 1. The van der Waals surface area contributed by atoms with E-state index < -0.39 is 10.0 Å². The Morgan fingerprint density at radius 2 is 1.51 bits per heavy atom. The zero-order valence-corrected chi connectivity index (χ0v) is 21.7. The fraction of sp³-hybridized carbons (Fsp3) is 0.269. The Bertz CT molecular complexity index is 1280. The highest BCUT2D eigenvalue weighted by Gasteiger charge is 2.30. The Morgan fingerprint density at radius 3 is 2.17 bits per heavy atom. The number of nitrogens with zero attached hydrogens (tertiary/aromatic N) is 3. The molecule has 0 aliphatic carbocycles. The molecule has 1 heterocycles. The van der Waals surface area contributed by atoms with Crippen molar-refractivity contribution in [2.45, 2.75) is 18.4 Å². The lowest BCUT2D eigenvalue weighted by Gasteiger charge is -2.37. The normalized spacial score (nSPS) is 14.4. The second kappa shape index (κ2) is 11.0. The van der Waals surface area contributed by atoms with E-state index in [0.29, 0.717) is 36.2 Å². The number of carbonyl (C=O) groups is 1. The maximum Gasteiger partial charge on any atom is 0.243 e. The van der Waals surface area contributed by atoms with E-state index in [1.54, 1.807) is 59.5 Å². The number of hydrogen-bond donors (Lipinski definition) is 0. The minimum Gasteiger partial charge on any atom is -0.368 e. The predicted molar refractivity (Wildman–Crippen MR) is 140 cm³/mol. The minimum absolute atomic E-state index is 0.0712. The van der Waals surface area contributed by atoms with Crippen LogP contribution in [0.3, 0.4) is 0 Å². The molecule has 184 valence electrons. The van der Waals surface area contributed by atoms with Crippen LogP contribution in [-0.2, 0) is 21.4 Å². The molecule has 4 rings (SSSR count). The number of piperazine rings is 1. The maximum atomic E-state index is 13.4. The van der Waals surface area contributed by atoms with Crippen LogP contribution in [0.15, 0.2) is 77.7 Å². The SMILES string of the molecule is Cc1ccc(Cl)cc1N1CCN(C(=O)CN(Cc2ccc(Cl)cc2)S(=O)(=O)c2ccccc2)CC1. The fourth-order valence-corrected chi connectivity index (χ4v) is 5.82. The first kappa shape index (κ1) is 25.5. The van der Waals surface area contributed by atoms with Crippen molar-refractivity contribution in [3.05, 3.63) is 94.0 Å². The molecule has 0 saturated carbocycles. The first-order valence-corrected chi connectivity index (χ1v) is 13.5. The van der Waals surface area contributed by atoms with Gasteiger partial charge in [-0.3, -0.25) is 4.79 Å². The smallest absolute Gasteiger partial charge is 0.243 e. The van der Waals surface area contributed by atoms with Gasteiger partial charge in [-0.05, 0) is 54.4 Å². The Kier molecular flexibility index (Phi) is 8.02. The highest BCUT2D eigenvalue weighted by molar-refractivity contribution is 7.89. The van der Waals surface area contributed by atoms with E-state index in [1.165, 1.54) is 4.31 Å². The van der Waals surface area contributed by atoms with Crippen molar-refractivity contribution in [3.63, 3.8) is 0 Å². The highest BCUT2D eigenvalue weighted by atomic mass is 35.5. The molecule has 1 aliphatic rings. The fourth-order valence-electron chi connectivity index (χ4n) is 4.13. The summed E-state index contributed by atoms with van der Waals surface area (Å²) in [5, 5.41) is 1.24. The lowest BCUT2D eigenvalue weighted by atomic mass is 10.1. The quantitative estimate of drug-likeness (QED) is 0.437. The average molecular weight is 532 g/mol. The van der Waals surface area contributed by atoms with Gasteiger partial charge in [0.05, 0.1) is 11.4 Å². The number of benzene rings is 3. The number of anilines is 1. The van der Waals surface area contributed by atoms with Gasteiger partial charge in [-0.1, -0.05) is 59.6 Å². The van der Waals surface area contributed by atoms with E-state index in [9.17, 15) is 13.2 Å². The lowest BCUT2D eigenvalue weighted by Crippen LogP contribution is -2.51. The summed E-state index contributed by atoms with van der Waals surface area (Å²) in [6.07, 6.45) is 0. The third-order valence-corrected chi connectivity index (χ3v) is 8.40. The van der Waals surface area contributed by atoms with Crippen LogP contribution in [0, 0.1) is 6.92 Å². The third-order valence-electron chi connectivity index (χ3n) is 6.11. The van der Waals surface area contributed by atoms with Crippen molar-refractivity contribution in [1.82, 2.24) is 9.21 Å². The molecule has 0 N–H and O–H groups in total. The van der Waals surface area contributed by atoms with Crippen molar-refractivity contribution in [2.24, 2.45) is 0 Å². The zero-order chi connectivity index (χ0) is 25.0. The van der Waals surface area contributed by atoms with E-state index in [2.05, 4.69) is 4.90 Å². The Hall–Kier alpha value is -2.58. The van der Waals surface area contributed by atoms with Crippen LogP contribution >= 0.6 is 23.2 Å². The molecule has 6 nitrogen and oxygen atoms in total. The number of carbonyl (C=O) groups excluding carboxylic acids is 1. The van der Waals surface area contributed by atoms with Crippen LogP contribution in [-0.4, -0.2) is 56.3 Å². The van der Waals surface area contributed by atoms with E-state index >= 15 is 0 Å². The van der Waals surface area contributed by atoms with Crippen molar-refractivity contribution in [2.75, 3.05) is 37.6 Å². The van der Waals surface area contributed by atoms with Gasteiger partial charge >= 0.3 is 0 Å². The predicted octanol–water partition coefficient (Wildman–Crippen LogP) is 4.84. The topological polar surface area (TPSA) is 60.9 Å². The second-order valence-electron chi connectivity index (χ2n) is 8.51. The molecule has 9 heteroatoms. The van der Waals surface area contributed by atoms with E-state index in [-0.39, 0.29) is 23.9 Å². The molecule has 3 aromatic carbocycles. The van der Waals surface area contributed by atoms with Gasteiger partial charge in [-0.25, -0.2) is 8.42 Å². The lowest BCUT2D eigenvalue weighted by molar-refractivity contribution is -0.131. The van der Waals surface area contributed by atoms with Gasteiger partial charge < -0.3 is 9.80 Å². The number of halogens is 2. The summed E-state index contributed by atoms with van der Waals surface area (Å²) >= 11 is 12.2. The molecule has 0 radical (unpaired) electrons. The molecule has 1 fully saturated rings. The molecule has 0 atom stereocenters. The maximum absolute atomic E-state index is 13.4. The molecule has 3 aromatic rings. The minimum atomic E-state index is -3.88. The first-order chi connectivity index (χ1) is 16.7. The van der Waals surface area contributed by atoms with Crippen LogP contribution < -0.4 is 4.90 Å². The Balaban J connectivity index is 1.49. The molecule has 0 unspecified atom stereocenters. The number of amides is 1. The molecule has 0 spiro atoms. The highest BCUT2D eigenvalue weighted by Crippen LogP contribution is 2.26. The van der Waals surface area contributed by atoms with Crippen LogP contribution in [0.2, 0.25) is 10.0 Å². The van der Waals surface area contributed by atoms with Gasteiger partial charge in [0.1, 0.15) is 0 Å². The van der Waals surface area contributed by atoms with Crippen LogP contribution in [0.5, 0.6) is 0 Å². The summed E-state index contributed by atoms with van der Waals surface area (Å²) in [6, 6.07) is 20.9. The Morgan fingerprint density at radius 1 is 0.886 bits per heavy atom. The number of sulfonamides is 1. The number of rotatable bonds is 7. The molecule has 1 amide bonds. The van der Waals surface area contributed by atoms with Crippen molar-refractivity contribution in [3.8, 4) is 0 Å².